The van der Waals surface area contributed by atoms with Gasteiger partial charge in [-0.15, -0.1) is 0 Å². The van der Waals surface area contributed by atoms with Crippen molar-refractivity contribution in [1.29, 1.82) is 0 Å². The molecule has 0 aromatic heterocycles. The van der Waals surface area contributed by atoms with Crippen molar-refractivity contribution in [2.45, 2.75) is 127 Å². The molecule has 4 atom stereocenters. The number of halogens is 4. The maximum atomic E-state index is 13.9. The Morgan fingerprint density at radius 2 is 1.38 bits per heavy atom. The fourth-order valence-corrected chi connectivity index (χ4v) is 8.32. The maximum Gasteiger partial charge on any atom is 0.431 e. The van der Waals surface area contributed by atoms with Gasteiger partial charge in [0.15, 0.2) is 5.79 Å². The lowest BCUT2D eigenvalue weighted by Crippen LogP contribution is -2.58. The zero-order valence-corrected chi connectivity index (χ0v) is 26.9. The zero-order valence-electron chi connectivity index (χ0n) is 26.0. The van der Waals surface area contributed by atoms with E-state index < -0.39 is 86.7 Å². The molecule has 16 heteroatoms. The predicted molar refractivity (Wildman–Crippen MR) is 146 cm³/mol. The summed E-state index contributed by atoms with van der Waals surface area (Å²) in [5.74, 6) is -8.26. The molecule has 0 amide bonds. The molecule has 11 nitrogen and oxygen atoms in total. The van der Waals surface area contributed by atoms with Gasteiger partial charge < -0.3 is 23.7 Å². The van der Waals surface area contributed by atoms with Crippen molar-refractivity contribution >= 4 is 28.0 Å². The van der Waals surface area contributed by atoms with Crippen molar-refractivity contribution in [1.82, 2.24) is 0 Å². The van der Waals surface area contributed by atoms with E-state index in [1.54, 1.807) is 34.6 Å². The number of hydrogen-bond donors (Lipinski definition) is 1. The molecule has 0 aromatic rings. The molecule has 258 valence electrons. The van der Waals surface area contributed by atoms with E-state index in [2.05, 4.69) is 0 Å². The van der Waals surface area contributed by atoms with E-state index in [1.807, 2.05) is 0 Å². The Labute approximate surface area is 259 Å². The van der Waals surface area contributed by atoms with E-state index in [9.17, 15) is 40.4 Å². The maximum absolute atomic E-state index is 13.9. The number of esters is 3. The monoisotopic (exact) mass is 674 g/mol. The van der Waals surface area contributed by atoms with Crippen molar-refractivity contribution < 1.29 is 68.6 Å². The van der Waals surface area contributed by atoms with Crippen LogP contribution in [0.3, 0.4) is 0 Å². The summed E-state index contributed by atoms with van der Waals surface area (Å²) in [5.41, 5.74) is -2.92. The Bertz CT molecular complexity index is 1260. The molecule has 5 rings (SSSR count). The Morgan fingerprint density at radius 3 is 1.89 bits per heavy atom. The SMILES string of the molecule is CC(C)(C)OC(=O)CC1CC(COC(=O)C23CC4CC(CC(C(=O)OCCC(F)(F)C(F)(F)S(=O)(=O)O)(C4)C2)C3)OC(C)(C)O1. The molecule has 4 saturated carbocycles. The average molecular weight is 675 g/mol. The topological polar surface area (TPSA) is 152 Å². The molecule has 1 aliphatic heterocycles. The van der Waals surface area contributed by atoms with Crippen LogP contribution in [0.1, 0.15) is 92.4 Å². The van der Waals surface area contributed by atoms with E-state index in [4.69, 9.17) is 28.2 Å². The Morgan fingerprint density at radius 1 is 0.867 bits per heavy atom. The van der Waals surface area contributed by atoms with Crippen molar-refractivity contribution in [2.24, 2.45) is 22.7 Å². The van der Waals surface area contributed by atoms with Crippen LogP contribution in [0.15, 0.2) is 0 Å². The first-order valence-electron chi connectivity index (χ1n) is 15.0. The van der Waals surface area contributed by atoms with Crippen LogP contribution >= 0.6 is 0 Å². The lowest BCUT2D eigenvalue weighted by molar-refractivity contribution is -0.305. The highest BCUT2D eigenvalue weighted by Gasteiger charge is 2.66. The van der Waals surface area contributed by atoms with E-state index >= 15 is 0 Å². The second-order valence-electron chi connectivity index (χ2n) is 14.6. The molecule has 5 fully saturated rings. The van der Waals surface area contributed by atoms with E-state index in [-0.39, 0.29) is 37.7 Å². The quantitative estimate of drug-likeness (QED) is 0.139. The first-order valence-corrected chi connectivity index (χ1v) is 16.5. The van der Waals surface area contributed by atoms with Gasteiger partial charge in [-0.25, -0.2) is 0 Å². The number of carbonyl (C=O) groups excluding carboxylic acids is 3. The highest BCUT2D eigenvalue weighted by atomic mass is 32.2. The molecular formula is C29H42F4O11S. The van der Waals surface area contributed by atoms with E-state index in [0.29, 0.717) is 25.7 Å². The summed E-state index contributed by atoms with van der Waals surface area (Å²) in [5, 5.41) is -5.76. The Hall–Kier alpha value is -2.04. The van der Waals surface area contributed by atoms with Crippen LogP contribution in [0.4, 0.5) is 17.6 Å². The van der Waals surface area contributed by atoms with Gasteiger partial charge in [-0.05, 0) is 85.0 Å². The summed E-state index contributed by atoms with van der Waals surface area (Å²) in [7, 11) is -6.41. The number of hydrogen-bond acceptors (Lipinski definition) is 10. The molecule has 4 bridgehead atoms. The van der Waals surface area contributed by atoms with E-state index in [1.165, 1.54) is 0 Å². The van der Waals surface area contributed by atoms with Crippen LogP contribution < -0.4 is 0 Å². The summed E-state index contributed by atoms with van der Waals surface area (Å²) in [6.07, 6.45) is -0.382. The summed E-state index contributed by atoms with van der Waals surface area (Å²) in [6.45, 7) is 7.26. The van der Waals surface area contributed by atoms with Gasteiger partial charge in [0.05, 0.1) is 42.5 Å². The fraction of sp³-hybridized carbons (Fsp3) is 0.897. The molecule has 5 aliphatic rings. The van der Waals surface area contributed by atoms with Crippen LogP contribution in [0.5, 0.6) is 0 Å². The fourth-order valence-electron chi connectivity index (χ4n) is 7.84. The van der Waals surface area contributed by atoms with Gasteiger partial charge in [-0.2, -0.15) is 26.0 Å². The molecule has 1 saturated heterocycles. The molecule has 45 heavy (non-hydrogen) atoms. The average Bonchev–Trinajstić information content (AvgIpc) is 2.83. The Balaban J connectivity index is 1.38. The molecule has 0 radical (unpaired) electrons. The summed E-state index contributed by atoms with van der Waals surface area (Å²) in [6, 6.07) is 0. The second-order valence-corrected chi connectivity index (χ2v) is 16.1. The molecule has 1 N–H and O–H groups in total. The van der Waals surface area contributed by atoms with Crippen molar-refractivity contribution in [3.63, 3.8) is 0 Å². The third-order valence-electron chi connectivity index (χ3n) is 8.97. The van der Waals surface area contributed by atoms with Gasteiger partial charge in [0, 0.05) is 6.42 Å². The van der Waals surface area contributed by atoms with Gasteiger partial charge in [-0.1, -0.05) is 0 Å². The van der Waals surface area contributed by atoms with Crippen molar-refractivity contribution in [2.75, 3.05) is 13.2 Å². The largest absolute Gasteiger partial charge is 0.465 e. The predicted octanol–water partition coefficient (Wildman–Crippen LogP) is 4.81. The molecule has 0 aromatic carbocycles. The highest BCUT2D eigenvalue weighted by molar-refractivity contribution is 7.87. The second kappa shape index (κ2) is 11.9. The molecular weight excluding hydrogens is 632 g/mol. The molecule has 0 spiro atoms. The van der Waals surface area contributed by atoms with Gasteiger partial charge >= 0.3 is 39.2 Å². The highest BCUT2D eigenvalue weighted by Crippen LogP contribution is 2.66. The molecule has 4 unspecified atom stereocenters. The lowest BCUT2D eigenvalue weighted by Gasteiger charge is -2.59. The minimum atomic E-state index is -6.41. The first-order chi connectivity index (χ1) is 20.4. The normalized spacial score (nSPS) is 33.0. The van der Waals surface area contributed by atoms with Gasteiger partial charge in [0.25, 0.3) is 0 Å². The van der Waals surface area contributed by atoms with Gasteiger partial charge in [-0.3, -0.25) is 18.9 Å². The Kier molecular flexibility index (Phi) is 9.46. The van der Waals surface area contributed by atoms with Crippen LogP contribution in [0, 0.1) is 22.7 Å². The summed E-state index contributed by atoms with van der Waals surface area (Å²) >= 11 is 0. The number of ether oxygens (including phenoxy) is 5. The molecule has 1 heterocycles. The standard InChI is InChI=1S/C29H42F4O11S/c1-24(2,3)44-21(34)10-19-9-20(43-25(4,5)42-19)15-41-23(36)27-13-17-8-18(14-27)12-26(11-17,16-27)22(35)40-7-6-28(30,31)29(32,33)45(37,38)39/h17-20H,6-16H2,1-5H3,(H,37,38,39). The van der Waals surface area contributed by atoms with Crippen LogP contribution in [-0.2, 0) is 48.2 Å². The number of rotatable bonds is 11. The third-order valence-corrected chi connectivity index (χ3v) is 9.91. The van der Waals surface area contributed by atoms with Gasteiger partial charge in [0.2, 0.25) is 0 Å². The van der Waals surface area contributed by atoms with Crippen LogP contribution in [0.2, 0.25) is 0 Å². The van der Waals surface area contributed by atoms with Crippen LogP contribution in [0.25, 0.3) is 0 Å². The van der Waals surface area contributed by atoms with Crippen LogP contribution in [-0.4, -0.2) is 78.9 Å². The number of alkyl halides is 4. The van der Waals surface area contributed by atoms with Crippen molar-refractivity contribution in [3.8, 4) is 0 Å². The third kappa shape index (κ3) is 7.75. The minimum Gasteiger partial charge on any atom is -0.465 e. The first kappa shape index (κ1) is 35.8. The summed E-state index contributed by atoms with van der Waals surface area (Å²) < 4.78 is 113. The number of carbonyl (C=O) groups is 3. The zero-order chi connectivity index (χ0) is 33.9. The van der Waals surface area contributed by atoms with E-state index in [0.717, 1.165) is 6.42 Å². The summed E-state index contributed by atoms with van der Waals surface area (Å²) in [4.78, 5) is 39.3. The lowest BCUT2D eigenvalue weighted by atomic mass is 9.44. The van der Waals surface area contributed by atoms with Crippen molar-refractivity contribution in [3.05, 3.63) is 0 Å². The smallest absolute Gasteiger partial charge is 0.431 e. The minimum absolute atomic E-state index is 0.0220. The molecule has 4 aliphatic carbocycles. The van der Waals surface area contributed by atoms with Gasteiger partial charge in [0.1, 0.15) is 12.2 Å².